The first kappa shape index (κ1) is 38.6. The summed E-state index contributed by atoms with van der Waals surface area (Å²) in [6.45, 7) is 4.78. The number of hydrogen-bond acceptors (Lipinski definition) is 4. The summed E-state index contributed by atoms with van der Waals surface area (Å²) >= 11 is 1.88. The number of furan rings is 1. The number of aromatic nitrogens is 2. The van der Waals surface area contributed by atoms with Crippen LogP contribution in [0.15, 0.2) is 233 Å². The maximum absolute atomic E-state index is 6.41. The first-order valence-electron chi connectivity index (χ1n) is 22.6. The van der Waals surface area contributed by atoms with Gasteiger partial charge in [0, 0.05) is 48.2 Å². The van der Waals surface area contributed by atoms with Crippen LogP contribution < -0.4 is 0 Å². The summed E-state index contributed by atoms with van der Waals surface area (Å²) in [7, 11) is 0. The zero-order valence-electron chi connectivity index (χ0n) is 36.5. The number of hydrogen-bond donors (Lipinski definition) is 0. The van der Waals surface area contributed by atoms with Crippen LogP contribution in [0.4, 0.5) is 0 Å². The smallest absolute Gasteiger partial charge is 0.160 e. The third kappa shape index (κ3) is 5.85. The van der Waals surface area contributed by atoms with Crippen LogP contribution in [0, 0.1) is 0 Å². The largest absolute Gasteiger partial charge is 0.455 e. The maximum atomic E-state index is 6.41. The summed E-state index contributed by atoms with van der Waals surface area (Å²) in [6.07, 6.45) is 0. The monoisotopic (exact) mass is 862 g/mol. The van der Waals surface area contributed by atoms with Gasteiger partial charge in [-0.05, 0) is 86.5 Å². The average molecular weight is 863 g/mol. The van der Waals surface area contributed by atoms with Crippen LogP contribution in [0.3, 0.4) is 0 Å². The van der Waals surface area contributed by atoms with Crippen molar-refractivity contribution in [3.63, 3.8) is 0 Å². The molecule has 3 heterocycles. The highest BCUT2D eigenvalue weighted by Gasteiger charge is 2.52. The van der Waals surface area contributed by atoms with Crippen molar-refractivity contribution in [3.05, 3.63) is 252 Å². The minimum Gasteiger partial charge on any atom is -0.455 e. The lowest BCUT2D eigenvalue weighted by molar-refractivity contribution is 0.549. The lowest BCUT2D eigenvalue weighted by Crippen LogP contribution is -2.43. The third-order valence-electron chi connectivity index (χ3n) is 14.0. The Morgan fingerprint density at radius 3 is 1.67 bits per heavy atom. The summed E-state index contributed by atoms with van der Waals surface area (Å²) in [5, 5.41) is 2.25. The molecule has 11 aromatic rings. The van der Waals surface area contributed by atoms with Gasteiger partial charge in [-0.3, -0.25) is 0 Å². The van der Waals surface area contributed by atoms with Gasteiger partial charge in [-0.25, -0.2) is 9.97 Å². The van der Waals surface area contributed by atoms with E-state index in [0.717, 1.165) is 66.7 Å². The Balaban J connectivity index is 0.929. The molecule has 0 bridgehead atoms. The molecule has 0 atom stereocenters. The van der Waals surface area contributed by atoms with Crippen molar-refractivity contribution >= 4 is 33.7 Å². The molecule has 0 N–H and O–H groups in total. The van der Waals surface area contributed by atoms with Gasteiger partial charge < -0.3 is 4.42 Å². The van der Waals surface area contributed by atoms with E-state index in [1.807, 2.05) is 30.0 Å². The van der Waals surface area contributed by atoms with Gasteiger partial charge in [-0.2, -0.15) is 0 Å². The lowest BCUT2D eigenvalue weighted by Gasteiger charge is -2.50. The summed E-state index contributed by atoms with van der Waals surface area (Å²) in [5.41, 5.74) is 18.4. The van der Waals surface area contributed by atoms with Gasteiger partial charge in [0.15, 0.2) is 5.82 Å². The maximum Gasteiger partial charge on any atom is 0.160 e. The Labute approximate surface area is 388 Å². The fraction of sp³-hybridized carbons (Fsp3) is 0.0645. The van der Waals surface area contributed by atoms with E-state index < -0.39 is 5.41 Å². The molecule has 66 heavy (non-hydrogen) atoms. The van der Waals surface area contributed by atoms with E-state index in [9.17, 15) is 0 Å². The van der Waals surface area contributed by atoms with Crippen LogP contribution in [0.2, 0.25) is 0 Å². The highest BCUT2D eigenvalue weighted by atomic mass is 32.2. The van der Waals surface area contributed by atoms with Crippen molar-refractivity contribution in [3.8, 4) is 56.2 Å². The Bertz CT molecular complexity index is 3670. The van der Waals surface area contributed by atoms with E-state index in [1.165, 1.54) is 48.7 Å². The minimum atomic E-state index is -0.457. The summed E-state index contributed by atoms with van der Waals surface area (Å²) < 4.78 is 6.41. The van der Waals surface area contributed by atoms with Gasteiger partial charge in [-0.15, -0.1) is 0 Å². The Morgan fingerprint density at radius 2 is 0.909 bits per heavy atom. The van der Waals surface area contributed by atoms with E-state index in [2.05, 4.69) is 214 Å². The van der Waals surface area contributed by atoms with Gasteiger partial charge in [0.2, 0.25) is 0 Å². The van der Waals surface area contributed by atoms with E-state index in [1.54, 1.807) is 0 Å². The summed E-state index contributed by atoms with van der Waals surface area (Å²) in [6, 6.07) is 78.9. The van der Waals surface area contributed by atoms with E-state index in [-0.39, 0.29) is 5.41 Å². The zero-order chi connectivity index (χ0) is 44.0. The molecular weight excluding hydrogens is 821 g/mol. The second-order valence-corrected chi connectivity index (χ2v) is 19.1. The van der Waals surface area contributed by atoms with Crippen molar-refractivity contribution in [2.75, 3.05) is 0 Å². The van der Waals surface area contributed by atoms with Gasteiger partial charge in [0.25, 0.3) is 0 Å². The second kappa shape index (κ2) is 14.9. The average Bonchev–Trinajstić information content (AvgIpc) is 3.77. The molecule has 1 aliphatic carbocycles. The molecule has 0 radical (unpaired) electrons. The van der Waals surface area contributed by atoms with Gasteiger partial charge in [0.1, 0.15) is 11.2 Å². The number of para-hydroxylation sites is 2. The fourth-order valence-corrected chi connectivity index (χ4v) is 12.1. The SMILES string of the molecule is CC1(C)c2ccccc2C2(c3ccccc3Sc3ccccc32)c2ccc(-c3cccc(-c4nc(-c5ccccc5)cc(-c5ccc(-c6cccc7c6oc6ccccc67)cc5)n4)c3)cc21. The van der Waals surface area contributed by atoms with Crippen molar-refractivity contribution in [1.82, 2.24) is 9.97 Å². The van der Waals surface area contributed by atoms with E-state index in [0.29, 0.717) is 5.82 Å². The number of nitrogens with zero attached hydrogens (tertiary/aromatic N) is 2. The van der Waals surface area contributed by atoms with Gasteiger partial charge in [0.05, 0.1) is 16.8 Å². The van der Waals surface area contributed by atoms with Crippen molar-refractivity contribution in [1.29, 1.82) is 0 Å². The topological polar surface area (TPSA) is 38.9 Å². The molecule has 0 amide bonds. The molecule has 312 valence electrons. The van der Waals surface area contributed by atoms with Gasteiger partial charge >= 0.3 is 0 Å². The number of fused-ring (bicyclic) bond motifs is 11. The van der Waals surface area contributed by atoms with E-state index >= 15 is 0 Å². The highest BCUT2D eigenvalue weighted by Crippen LogP contribution is 2.61. The summed E-state index contributed by atoms with van der Waals surface area (Å²) in [4.78, 5) is 13.2. The molecule has 1 aliphatic heterocycles. The molecule has 0 saturated heterocycles. The molecule has 0 fully saturated rings. The number of benzene rings is 9. The molecule has 0 saturated carbocycles. The number of rotatable bonds is 5. The first-order chi connectivity index (χ1) is 32.4. The molecule has 9 aromatic carbocycles. The lowest BCUT2D eigenvalue weighted by atomic mass is 9.54. The molecule has 0 unspecified atom stereocenters. The van der Waals surface area contributed by atoms with Crippen LogP contribution in [0.1, 0.15) is 47.2 Å². The van der Waals surface area contributed by atoms with Crippen LogP contribution in [-0.2, 0) is 10.8 Å². The Morgan fingerprint density at radius 1 is 0.379 bits per heavy atom. The van der Waals surface area contributed by atoms with Crippen LogP contribution in [-0.4, -0.2) is 9.97 Å². The normalized spacial score (nSPS) is 14.1. The standard InChI is InChI=1S/C62H42N2OS/c1-61(2)48-23-7-8-24-49(48)62(51-25-9-12-28-57(51)66-58-29-13-10-26-52(58)62)50-35-34-43(37-53(50)61)42-18-14-19-44(36-42)60-63-54(40-16-4-3-5-17-40)38-55(64-60)41-32-30-39(31-33-41)45-21-15-22-47-46-20-6-11-27-56(46)65-59(45)47/h3-38H,1-2H3. The quantitative estimate of drug-likeness (QED) is 0.173. The molecule has 2 aliphatic rings. The van der Waals surface area contributed by atoms with Crippen molar-refractivity contribution in [2.24, 2.45) is 0 Å². The van der Waals surface area contributed by atoms with Gasteiger partial charge in [-0.1, -0.05) is 208 Å². The predicted molar refractivity (Wildman–Crippen MR) is 271 cm³/mol. The Hall–Kier alpha value is -7.79. The highest BCUT2D eigenvalue weighted by molar-refractivity contribution is 7.99. The predicted octanol–water partition coefficient (Wildman–Crippen LogP) is 16.2. The van der Waals surface area contributed by atoms with Crippen LogP contribution in [0.25, 0.3) is 78.1 Å². The second-order valence-electron chi connectivity index (χ2n) is 18.0. The molecule has 4 heteroatoms. The third-order valence-corrected chi connectivity index (χ3v) is 15.2. The summed E-state index contributed by atoms with van der Waals surface area (Å²) in [5.74, 6) is 0.684. The fourth-order valence-electron chi connectivity index (χ4n) is 10.9. The van der Waals surface area contributed by atoms with Crippen LogP contribution >= 0.6 is 11.8 Å². The molecular formula is C62H42N2OS. The molecule has 2 aromatic heterocycles. The molecule has 3 nitrogen and oxygen atoms in total. The molecule has 13 rings (SSSR count). The van der Waals surface area contributed by atoms with Crippen molar-refractivity contribution < 1.29 is 4.42 Å². The first-order valence-corrected chi connectivity index (χ1v) is 23.4. The van der Waals surface area contributed by atoms with Crippen molar-refractivity contribution in [2.45, 2.75) is 34.5 Å². The molecule has 1 spiro atoms. The Kier molecular flexibility index (Phi) is 8.71. The van der Waals surface area contributed by atoms with Crippen LogP contribution in [0.5, 0.6) is 0 Å². The van der Waals surface area contributed by atoms with E-state index in [4.69, 9.17) is 14.4 Å². The zero-order valence-corrected chi connectivity index (χ0v) is 37.3. The minimum absolute atomic E-state index is 0.255.